The molecule has 1 aliphatic heterocycles. The lowest BCUT2D eigenvalue weighted by Crippen LogP contribution is -2.27. The predicted octanol–water partition coefficient (Wildman–Crippen LogP) is 0.937. The van der Waals surface area contributed by atoms with Crippen LogP contribution in [0.5, 0.6) is 0 Å². The molecule has 12 heavy (non-hydrogen) atoms. The van der Waals surface area contributed by atoms with Gasteiger partial charge in [0, 0.05) is 13.0 Å². The smallest absolute Gasteiger partial charge is 0.261 e. The highest BCUT2D eigenvalue weighted by Gasteiger charge is 2.37. The van der Waals surface area contributed by atoms with E-state index in [2.05, 4.69) is 5.32 Å². The van der Waals surface area contributed by atoms with Gasteiger partial charge in [0.2, 0.25) is 0 Å². The maximum absolute atomic E-state index is 12.6. The van der Waals surface area contributed by atoms with Crippen molar-refractivity contribution in [2.24, 2.45) is 0 Å². The Morgan fingerprint density at radius 1 is 1.50 bits per heavy atom. The van der Waals surface area contributed by atoms with Crippen molar-refractivity contribution >= 4 is 0 Å². The third-order valence-corrected chi connectivity index (χ3v) is 2.15. The van der Waals surface area contributed by atoms with E-state index in [0.717, 1.165) is 19.5 Å². The predicted molar refractivity (Wildman–Crippen MR) is 44.5 cm³/mol. The van der Waals surface area contributed by atoms with Gasteiger partial charge in [-0.2, -0.15) is 0 Å². The van der Waals surface area contributed by atoms with Crippen LogP contribution in [0.2, 0.25) is 0 Å². The van der Waals surface area contributed by atoms with Crippen LogP contribution in [0.4, 0.5) is 8.78 Å². The van der Waals surface area contributed by atoms with E-state index < -0.39 is 5.92 Å². The third kappa shape index (κ3) is 3.03. The zero-order valence-electron chi connectivity index (χ0n) is 7.45. The second-order valence-corrected chi connectivity index (χ2v) is 3.34. The molecule has 0 aliphatic carbocycles. The molecule has 72 valence electrons. The summed E-state index contributed by atoms with van der Waals surface area (Å²) in [5.41, 5.74) is 0. The molecule has 0 amide bonds. The molecule has 1 saturated heterocycles. The van der Waals surface area contributed by atoms with Crippen LogP contribution in [0.1, 0.15) is 12.8 Å². The largest absolute Gasteiger partial charge is 0.320 e. The van der Waals surface area contributed by atoms with E-state index in [1.165, 1.54) is 0 Å². The molecule has 0 unspecified atom stereocenters. The van der Waals surface area contributed by atoms with Gasteiger partial charge in [0.15, 0.2) is 0 Å². The second-order valence-electron chi connectivity index (χ2n) is 3.34. The SMILES string of the molecule is CNCCCN1CCC(F)(F)C1. The van der Waals surface area contributed by atoms with Crippen molar-refractivity contribution in [2.75, 3.05) is 33.2 Å². The summed E-state index contributed by atoms with van der Waals surface area (Å²) in [6.07, 6.45) is 0.985. The number of rotatable bonds is 4. The maximum atomic E-state index is 12.6. The van der Waals surface area contributed by atoms with Crippen molar-refractivity contribution < 1.29 is 8.78 Å². The molecule has 0 radical (unpaired) electrons. The molecule has 0 saturated carbocycles. The van der Waals surface area contributed by atoms with Gasteiger partial charge in [-0.15, -0.1) is 0 Å². The van der Waals surface area contributed by atoms with E-state index in [9.17, 15) is 8.78 Å². The zero-order valence-corrected chi connectivity index (χ0v) is 7.45. The van der Waals surface area contributed by atoms with Gasteiger partial charge >= 0.3 is 0 Å². The highest BCUT2D eigenvalue weighted by atomic mass is 19.3. The quantitative estimate of drug-likeness (QED) is 0.644. The molecular formula is C8H16F2N2. The van der Waals surface area contributed by atoms with Gasteiger partial charge < -0.3 is 5.32 Å². The van der Waals surface area contributed by atoms with Crippen molar-refractivity contribution in [3.8, 4) is 0 Å². The summed E-state index contributed by atoms with van der Waals surface area (Å²) in [5.74, 6) is -2.43. The summed E-state index contributed by atoms with van der Waals surface area (Å²) in [5, 5.41) is 3.00. The molecule has 1 aliphatic rings. The second kappa shape index (κ2) is 4.14. The number of likely N-dealkylation sites (tertiary alicyclic amines) is 1. The minimum Gasteiger partial charge on any atom is -0.320 e. The molecule has 2 nitrogen and oxygen atoms in total. The lowest BCUT2D eigenvalue weighted by atomic mass is 10.3. The zero-order chi connectivity index (χ0) is 9.03. The number of nitrogens with zero attached hydrogens (tertiary/aromatic N) is 1. The van der Waals surface area contributed by atoms with Crippen LogP contribution in [0.15, 0.2) is 0 Å². The number of nitrogens with one attached hydrogen (secondary N) is 1. The first-order valence-electron chi connectivity index (χ1n) is 4.39. The van der Waals surface area contributed by atoms with Crippen LogP contribution in [0.25, 0.3) is 0 Å². The Hall–Kier alpha value is -0.220. The Morgan fingerprint density at radius 2 is 2.25 bits per heavy atom. The van der Waals surface area contributed by atoms with Gasteiger partial charge in [-0.25, -0.2) is 8.78 Å². The summed E-state index contributed by atoms with van der Waals surface area (Å²) >= 11 is 0. The van der Waals surface area contributed by atoms with Crippen molar-refractivity contribution in [1.82, 2.24) is 10.2 Å². The van der Waals surface area contributed by atoms with Gasteiger partial charge in [-0.05, 0) is 26.6 Å². The van der Waals surface area contributed by atoms with E-state index in [-0.39, 0.29) is 13.0 Å². The third-order valence-electron chi connectivity index (χ3n) is 2.15. The average molecular weight is 178 g/mol. The van der Waals surface area contributed by atoms with Gasteiger partial charge in [0.25, 0.3) is 5.92 Å². The summed E-state index contributed by atoms with van der Waals surface area (Å²) in [4.78, 5) is 1.83. The van der Waals surface area contributed by atoms with Crippen molar-refractivity contribution in [1.29, 1.82) is 0 Å². The summed E-state index contributed by atoms with van der Waals surface area (Å²) in [7, 11) is 1.87. The lowest BCUT2D eigenvalue weighted by Gasteiger charge is -2.14. The monoisotopic (exact) mass is 178 g/mol. The fourth-order valence-electron chi connectivity index (χ4n) is 1.48. The van der Waals surface area contributed by atoms with E-state index >= 15 is 0 Å². The summed E-state index contributed by atoms with van der Waals surface area (Å²) in [6, 6.07) is 0. The van der Waals surface area contributed by atoms with E-state index in [1.807, 2.05) is 11.9 Å². The first-order valence-corrected chi connectivity index (χ1v) is 4.39. The van der Waals surface area contributed by atoms with Crippen LogP contribution in [-0.4, -0.2) is 44.0 Å². The van der Waals surface area contributed by atoms with Crippen LogP contribution in [0.3, 0.4) is 0 Å². The van der Waals surface area contributed by atoms with E-state index in [1.54, 1.807) is 0 Å². The summed E-state index contributed by atoms with van der Waals surface area (Å²) < 4.78 is 25.3. The number of hydrogen-bond donors (Lipinski definition) is 1. The van der Waals surface area contributed by atoms with Gasteiger partial charge in [-0.3, -0.25) is 4.90 Å². The molecule has 0 atom stereocenters. The highest BCUT2D eigenvalue weighted by molar-refractivity contribution is 4.81. The fourth-order valence-corrected chi connectivity index (χ4v) is 1.48. The fraction of sp³-hybridized carbons (Fsp3) is 1.00. The molecule has 1 fully saturated rings. The molecular weight excluding hydrogens is 162 g/mol. The van der Waals surface area contributed by atoms with Crippen molar-refractivity contribution in [2.45, 2.75) is 18.8 Å². The molecule has 1 rings (SSSR count). The first kappa shape index (κ1) is 9.86. The van der Waals surface area contributed by atoms with Crippen LogP contribution < -0.4 is 5.32 Å². The Labute approximate surface area is 71.9 Å². The molecule has 1 heterocycles. The standard InChI is InChI=1S/C8H16F2N2/c1-11-4-2-5-12-6-3-8(9,10)7-12/h11H,2-7H2,1H3. The summed E-state index contributed by atoms with van der Waals surface area (Å²) in [6.45, 7) is 2.20. The Bertz CT molecular complexity index is 139. The Morgan fingerprint density at radius 3 is 2.75 bits per heavy atom. The molecule has 1 N–H and O–H groups in total. The molecule has 0 bridgehead atoms. The first-order chi connectivity index (χ1) is 5.64. The van der Waals surface area contributed by atoms with Crippen LogP contribution in [0, 0.1) is 0 Å². The minimum absolute atomic E-state index is 0.0343. The van der Waals surface area contributed by atoms with Crippen LogP contribution in [-0.2, 0) is 0 Å². The van der Waals surface area contributed by atoms with E-state index in [4.69, 9.17) is 0 Å². The molecule has 0 aromatic carbocycles. The topological polar surface area (TPSA) is 15.3 Å². The van der Waals surface area contributed by atoms with Gasteiger partial charge in [0.05, 0.1) is 6.54 Å². The maximum Gasteiger partial charge on any atom is 0.261 e. The molecule has 4 heteroatoms. The molecule has 0 spiro atoms. The normalized spacial score (nSPS) is 23.2. The van der Waals surface area contributed by atoms with Crippen molar-refractivity contribution in [3.63, 3.8) is 0 Å². The number of halogens is 2. The Kier molecular flexibility index (Phi) is 3.40. The minimum atomic E-state index is -2.43. The highest BCUT2D eigenvalue weighted by Crippen LogP contribution is 2.26. The number of alkyl halides is 2. The molecule has 0 aromatic rings. The van der Waals surface area contributed by atoms with Crippen molar-refractivity contribution in [3.05, 3.63) is 0 Å². The Balaban J connectivity index is 2.11. The average Bonchev–Trinajstić information content (AvgIpc) is 2.31. The molecule has 0 aromatic heterocycles. The van der Waals surface area contributed by atoms with Gasteiger partial charge in [0.1, 0.15) is 0 Å². The number of hydrogen-bond acceptors (Lipinski definition) is 2. The lowest BCUT2D eigenvalue weighted by molar-refractivity contribution is 0.0122. The van der Waals surface area contributed by atoms with E-state index in [0.29, 0.717) is 6.54 Å². The van der Waals surface area contributed by atoms with Gasteiger partial charge in [-0.1, -0.05) is 0 Å². The van der Waals surface area contributed by atoms with Crippen LogP contribution >= 0.6 is 0 Å².